The van der Waals surface area contributed by atoms with Crippen molar-refractivity contribution in [1.29, 1.82) is 0 Å². The zero-order valence-corrected chi connectivity index (χ0v) is 8.59. The lowest BCUT2D eigenvalue weighted by Crippen LogP contribution is -2.28. The Kier molecular flexibility index (Phi) is 2.64. The molecular weight excluding hydrogens is 208 g/mol. The number of carboxylic acid groups (broad SMARTS) is 2. The third kappa shape index (κ3) is 1.66. The van der Waals surface area contributed by atoms with Crippen LogP contribution in [0.4, 0.5) is 0 Å². The molecule has 4 heteroatoms. The summed E-state index contributed by atoms with van der Waals surface area (Å²) in [5, 5.41) is 17.9. The number of fused-ring (bicyclic) bond motifs is 1. The van der Waals surface area contributed by atoms with Gasteiger partial charge < -0.3 is 10.2 Å². The van der Waals surface area contributed by atoms with Crippen molar-refractivity contribution in [2.75, 3.05) is 0 Å². The predicted molar refractivity (Wildman–Crippen MR) is 56.3 cm³/mol. The van der Waals surface area contributed by atoms with E-state index in [4.69, 9.17) is 10.2 Å². The van der Waals surface area contributed by atoms with Crippen molar-refractivity contribution < 1.29 is 19.8 Å². The van der Waals surface area contributed by atoms with E-state index in [0.717, 1.165) is 17.5 Å². The van der Waals surface area contributed by atoms with Gasteiger partial charge in [0.1, 0.15) is 0 Å². The highest BCUT2D eigenvalue weighted by molar-refractivity contribution is 5.94. The van der Waals surface area contributed by atoms with Crippen molar-refractivity contribution in [2.24, 2.45) is 5.92 Å². The Balaban J connectivity index is 2.36. The number of benzene rings is 1. The van der Waals surface area contributed by atoms with Crippen LogP contribution in [0.3, 0.4) is 0 Å². The van der Waals surface area contributed by atoms with Crippen molar-refractivity contribution in [3.8, 4) is 0 Å². The summed E-state index contributed by atoms with van der Waals surface area (Å²) in [6.07, 6.45) is 1.36. The molecule has 2 N–H and O–H groups in total. The third-order valence-electron chi connectivity index (χ3n) is 3.11. The number of carboxylic acids is 2. The summed E-state index contributed by atoms with van der Waals surface area (Å²) >= 11 is 0. The summed E-state index contributed by atoms with van der Waals surface area (Å²) in [5.41, 5.74) is 1.94. The van der Waals surface area contributed by atoms with E-state index >= 15 is 0 Å². The smallest absolute Gasteiger partial charge is 0.318 e. The molecule has 2 rings (SSSR count). The SMILES string of the molecule is O=C(O)C(C(=O)O)C1CCc2ccccc21. The summed E-state index contributed by atoms with van der Waals surface area (Å²) < 4.78 is 0. The Hall–Kier alpha value is -1.84. The molecule has 0 amide bonds. The van der Waals surface area contributed by atoms with Crippen molar-refractivity contribution in [3.63, 3.8) is 0 Å². The van der Waals surface area contributed by atoms with Gasteiger partial charge in [0.25, 0.3) is 0 Å². The van der Waals surface area contributed by atoms with E-state index in [2.05, 4.69) is 0 Å². The molecule has 0 aliphatic heterocycles. The average Bonchev–Trinajstić information content (AvgIpc) is 2.61. The predicted octanol–water partition coefficient (Wildman–Crippen LogP) is 1.50. The van der Waals surface area contributed by atoms with Gasteiger partial charge in [-0.15, -0.1) is 0 Å². The summed E-state index contributed by atoms with van der Waals surface area (Å²) in [5.74, 6) is -4.24. The van der Waals surface area contributed by atoms with Crippen LogP contribution in [-0.2, 0) is 16.0 Å². The van der Waals surface area contributed by atoms with Crippen LogP contribution in [0.1, 0.15) is 23.5 Å². The number of rotatable bonds is 3. The first-order valence-corrected chi connectivity index (χ1v) is 5.14. The highest BCUT2D eigenvalue weighted by Crippen LogP contribution is 2.38. The fourth-order valence-corrected chi connectivity index (χ4v) is 2.39. The van der Waals surface area contributed by atoms with Crippen LogP contribution >= 0.6 is 0 Å². The van der Waals surface area contributed by atoms with E-state index in [0.29, 0.717) is 6.42 Å². The monoisotopic (exact) mass is 220 g/mol. The maximum Gasteiger partial charge on any atom is 0.318 e. The molecule has 0 radical (unpaired) electrons. The molecular formula is C12H12O4. The van der Waals surface area contributed by atoms with E-state index < -0.39 is 23.8 Å². The molecule has 84 valence electrons. The van der Waals surface area contributed by atoms with Crippen molar-refractivity contribution >= 4 is 11.9 Å². The largest absolute Gasteiger partial charge is 0.481 e. The Morgan fingerprint density at radius 3 is 2.44 bits per heavy atom. The first-order chi connectivity index (χ1) is 7.61. The first kappa shape index (κ1) is 10.7. The molecule has 0 saturated heterocycles. The molecule has 0 fully saturated rings. The molecule has 1 aliphatic rings. The van der Waals surface area contributed by atoms with Crippen LogP contribution in [-0.4, -0.2) is 22.2 Å². The Morgan fingerprint density at radius 2 is 1.81 bits per heavy atom. The molecule has 1 aliphatic carbocycles. The summed E-state index contributed by atoms with van der Waals surface area (Å²) in [4.78, 5) is 21.9. The second-order valence-corrected chi connectivity index (χ2v) is 4.00. The van der Waals surface area contributed by atoms with Gasteiger partial charge in [0.15, 0.2) is 5.92 Å². The Bertz CT molecular complexity index is 424. The van der Waals surface area contributed by atoms with Gasteiger partial charge in [0.05, 0.1) is 0 Å². The molecule has 1 aromatic carbocycles. The molecule has 0 heterocycles. The minimum atomic E-state index is -1.33. The third-order valence-corrected chi connectivity index (χ3v) is 3.11. The minimum Gasteiger partial charge on any atom is -0.481 e. The van der Waals surface area contributed by atoms with E-state index in [9.17, 15) is 9.59 Å². The molecule has 1 aromatic rings. The fourth-order valence-electron chi connectivity index (χ4n) is 2.39. The molecule has 0 saturated carbocycles. The number of carbonyl (C=O) groups is 2. The van der Waals surface area contributed by atoms with Gasteiger partial charge >= 0.3 is 11.9 Å². The Morgan fingerprint density at radius 1 is 1.19 bits per heavy atom. The lowest BCUT2D eigenvalue weighted by atomic mass is 9.87. The number of hydrogen-bond acceptors (Lipinski definition) is 2. The molecule has 4 nitrogen and oxygen atoms in total. The minimum absolute atomic E-state index is 0.397. The maximum absolute atomic E-state index is 11.0. The quantitative estimate of drug-likeness (QED) is 0.757. The van der Waals surface area contributed by atoms with Crippen LogP contribution < -0.4 is 0 Å². The molecule has 0 bridgehead atoms. The summed E-state index contributed by atoms with van der Waals surface area (Å²) in [6.45, 7) is 0. The van der Waals surface area contributed by atoms with E-state index in [1.54, 1.807) is 0 Å². The lowest BCUT2D eigenvalue weighted by Gasteiger charge is -2.16. The standard InChI is InChI=1S/C12H12O4/c13-11(14)10(12(15)16)9-6-5-7-3-1-2-4-8(7)9/h1-4,9-10H,5-6H2,(H,13,14)(H,15,16). The topological polar surface area (TPSA) is 74.6 Å². The van der Waals surface area contributed by atoms with E-state index in [1.165, 1.54) is 0 Å². The number of hydrogen-bond donors (Lipinski definition) is 2. The normalized spacial score (nSPS) is 18.4. The maximum atomic E-state index is 11.0. The van der Waals surface area contributed by atoms with E-state index in [1.807, 2.05) is 24.3 Å². The average molecular weight is 220 g/mol. The second kappa shape index (κ2) is 3.96. The van der Waals surface area contributed by atoms with Crippen LogP contribution in [0.15, 0.2) is 24.3 Å². The number of aryl methyl sites for hydroxylation is 1. The fraction of sp³-hybridized carbons (Fsp3) is 0.333. The van der Waals surface area contributed by atoms with Gasteiger partial charge in [0.2, 0.25) is 0 Å². The highest BCUT2D eigenvalue weighted by atomic mass is 16.4. The van der Waals surface area contributed by atoms with Gasteiger partial charge in [0, 0.05) is 5.92 Å². The molecule has 1 atom stereocenters. The van der Waals surface area contributed by atoms with Gasteiger partial charge in [-0.05, 0) is 24.0 Å². The number of aliphatic carboxylic acids is 2. The van der Waals surface area contributed by atoms with Crippen LogP contribution in [0, 0.1) is 5.92 Å². The molecule has 16 heavy (non-hydrogen) atoms. The highest BCUT2D eigenvalue weighted by Gasteiger charge is 2.39. The van der Waals surface area contributed by atoms with Crippen molar-refractivity contribution in [2.45, 2.75) is 18.8 Å². The molecule has 0 aromatic heterocycles. The van der Waals surface area contributed by atoms with Gasteiger partial charge in [-0.2, -0.15) is 0 Å². The first-order valence-electron chi connectivity index (χ1n) is 5.14. The Labute approximate surface area is 92.5 Å². The van der Waals surface area contributed by atoms with E-state index in [-0.39, 0.29) is 0 Å². The van der Waals surface area contributed by atoms with Crippen molar-refractivity contribution in [3.05, 3.63) is 35.4 Å². The zero-order valence-electron chi connectivity index (χ0n) is 8.59. The van der Waals surface area contributed by atoms with Gasteiger partial charge in [-0.3, -0.25) is 9.59 Å². The van der Waals surface area contributed by atoms with Crippen molar-refractivity contribution in [1.82, 2.24) is 0 Å². The van der Waals surface area contributed by atoms with Crippen LogP contribution in [0.2, 0.25) is 0 Å². The second-order valence-electron chi connectivity index (χ2n) is 4.00. The molecule has 1 unspecified atom stereocenters. The van der Waals surface area contributed by atoms with Crippen LogP contribution in [0.5, 0.6) is 0 Å². The van der Waals surface area contributed by atoms with Gasteiger partial charge in [-0.25, -0.2) is 0 Å². The van der Waals surface area contributed by atoms with Crippen LogP contribution in [0.25, 0.3) is 0 Å². The van der Waals surface area contributed by atoms with Gasteiger partial charge in [-0.1, -0.05) is 24.3 Å². The zero-order chi connectivity index (χ0) is 11.7. The lowest BCUT2D eigenvalue weighted by molar-refractivity contribution is -0.155. The summed E-state index contributed by atoms with van der Waals surface area (Å²) in [6, 6.07) is 7.46. The molecule has 0 spiro atoms. The summed E-state index contributed by atoms with van der Waals surface area (Å²) in [7, 11) is 0.